The van der Waals surface area contributed by atoms with Crippen LogP contribution in [0.3, 0.4) is 0 Å². The van der Waals surface area contributed by atoms with E-state index in [-0.39, 0.29) is 17.2 Å². The van der Waals surface area contributed by atoms with Gasteiger partial charge in [-0.25, -0.2) is 0 Å². The highest BCUT2D eigenvalue weighted by Crippen LogP contribution is 2.50. The van der Waals surface area contributed by atoms with Crippen LogP contribution in [-0.4, -0.2) is 63.6 Å². The summed E-state index contributed by atoms with van der Waals surface area (Å²) in [7, 11) is 0. The van der Waals surface area contributed by atoms with E-state index < -0.39 is 0 Å². The normalized spacial score (nSPS) is 24.8. The zero-order valence-corrected chi connectivity index (χ0v) is 16.4. The Labute approximate surface area is 165 Å². The molecule has 5 rings (SSSR count). The highest BCUT2D eigenvalue weighted by molar-refractivity contribution is 5.94. The summed E-state index contributed by atoms with van der Waals surface area (Å²) in [6.45, 7) is 6.64. The molecule has 28 heavy (non-hydrogen) atoms. The molecule has 148 valence electrons. The maximum Gasteiger partial charge on any atom is 0.255 e. The average molecular weight is 381 g/mol. The van der Waals surface area contributed by atoms with Crippen LogP contribution in [0.2, 0.25) is 0 Å². The number of carbonyl (C=O) groups excluding carboxylic acids is 1. The minimum Gasteiger partial charge on any atom is -0.425 e. The summed E-state index contributed by atoms with van der Waals surface area (Å²) in [5.41, 5.74) is 0.669. The number of aryl methyl sites for hydroxylation is 1. The van der Waals surface area contributed by atoms with E-state index in [0.717, 1.165) is 38.4 Å². The van der Waals surface area contributed by atoms with Gasteiger partial charge in [0.1, 0.15) is 0 Å². The van der Waals surface area contributed by atoms with Crippen molar-refractivity contribution in [2.24, 2.45) is 11.3 Å². The third kappa shape index (κ3) is 3.32. The molecule has 4 heterocycles. The smallest absolute Gasteiger partial charge is 0.255 e. The van der Waals surface area contributed by atoms with E-state index in [1.807, 2.05) is 24.0 Å². The maximum atomic E-state index is 13.1. The lowest BCUT2D eigenvalue weighted by Gasteiger charge is -2.41. The molecular weight excluding hydrogens is 354 g/mol. The minimum atomic E-state index is 0.0247. The molecule has 0 radical (unpaired) electrons. The standard InChI is InChI=1S/C21H27N5O2/c1-15-23-24-19(28-15)18-13-26(20(27)17-3-2-8-22-11-17)14-21(18)6-9-25(10-7-21)12-16-4-5-16/h2-3,8,11,16,18H,4-7,9-10,12-14H2,1H3. The minimum absolute atomic E-state index is 0.0247. The van der Waals surface area contributed by atoms with Crippen molar-refractivity contribution < 1.29 is 9.21 Å². The lowest BCUT2D eigenvalue weighted by atomic mass is 9.70. The van der Waals surface area contributed by atoms with Crippen LogP contribution in [0.4, 0.5) is 0 Å². The lowest BCUT2D eigenvalue weighted by molar-refractivity contribution is 0.0692. The van der Waals surface area contributed by atoms with Gasteiger partial charge in [0, 0.05) is 44.4 Å². The first-order valence-electron chi connectivity index (χ1n) is 10.3. The molecule has 0 aromatic carbocycles. The topological polar surface area (TPSA) is 75.4 Å². The van der Waals surface area contributed by atoms with Gasteiger partial charge in [0.2, 0.25) is 11.8 Å². The summed E-state index contributed by atoms with van der Waals surface area (Å²) in [5, 5.41) is 8.40. The molecule has 7 heteroatoms. The van der Waals surface area contributed by atoms with Crippen LogP contribution in [-0.2, 0) is 0 Å². The van der Waals surface area contributed by atoms with Crippen LogP contribution in [0.25, 0.3) is 0 Å². The van der Waals surface area contributed by atoms with Crippen LogP contribution >= 0.6 is 0 Å². The third-order valence-electron chi connectivity index (χ3n) is 6.75. The number of carbonyl (C=O) groups is 1. The Bertz CT molecular complexity index is 839. The summed E-state index contributed by atoms with van der Waals surface area (Å²) < 4.78 is 5.84. The van der Waals surface area contributed by atoms with Gasteiger partial charge in [-0.2, -0.15) is 0 Å². The van der Waals surface area contributed by atoms with Crippen molar-refractivity contribution in [2.45, 2.75) is 38.5 Å². The average Bonchev–Trinajstić information content (AvgIpc) is 3.32. The fourth-order valence-corrected chi connectivity index (χ4v) is 4.94. The molecule has 2 aliphatic heterocycles. The molecular formula is C21H27N5O2. The van der Waals surface area contributed by atoms with Gasteiger partial charge in [-0.15, -0.1) is 10.2 Å². The van der Waals surface area contributed by atoms with Crippen molar-refractivity contribution in [1.29, 1.82) is 0 Å². The molecule has 1 amide bonds. The van der Waals surface area contributed by atoms with Gasteiger partial charge in [-0.05, 0) is 56.8 Å². The monoisotopic (exact) mass is 381 g/mol. The van der Waals surface area contributed by atoms with Gasteiger partial charge in [0.15, 0.2) is 0 Å². The SMILES string of the molecule is Cc1nnc(C2CN(C(=O)c3cccnc3)CC23CCN(CC2CC2)CC3)o1. The fraction of sp³-hybridized carbons (Fsp3) is 0.619. The van der Waals surface area contributed by atoms with Crippen molar-refractivity contribution in [1.82, 2.24) is 25.0 Å². The lowest BCUT2D eigenvalue weighted by Crippen LogP contribution is -2.44. The van der Waals surface area contributed by atoms with Gasteiger partial charge < -0.3 is 14.2 Å². The van der Waals surface area contributed by atoms with E-state index in [0.29, 0.717) is 23.9 Å². The van der Waals surface area contributed by atoms with Crippen molar-refractivity contribution in [3.63, 3.8) is 0 Å². The molecule has 3 fully saturated rings. The van der Waals surface area contributed by atoms with E-state index in [4.69, 9.17) is 4.42 Å². The predicted molar refractivity (Wildman–Crippen MR) is 103 cm³/mol. The van der Waals surface area contributed by atoms with Crippen molar-refractivity contribution in [3.05, 3.63) is 41.9 Å². The zero-order valence-electron chi connectivity index (χ0n) is 16.4. The first-order valence-corrected chi connectivity index (χ1v) is 10.3. The molecule has 1 aliphatic carbocycles. The number of nitrogens with zero attached hydrogens (tertiary/aromatic N) is 5. The second kappa shape index (κ2) is 6.95. The Balaban J connectivity index is 1.38. The van der Waals surface area contributed by atoms with E-state index in [1.165, 1.54) is 19.4 Å². The molecule has 2 saturated heterocycles. The number of piperidine rings is 1. The van der Waals surface area contributed by atoms with Crippen LogP contribution in [0, 0.1) is 18.3 Å². The van der Waals surface area contributed by atoms with Gasteiger partial charge in [-0.3, -0.25) is 9.78 Å². The molecule has 1 spiro atoms. The largest absolute Gasteiger partial charge is 0.425 e. The Morgan fingerprint density at radius 2 is 2.11 bits per heavy atom. The molecule has 7 nitrogen and oxygen atoms in total. The van der Waals surface area contributed by atoms with Gasteiger partial charge in [-0.1, -0.05) is 0 Å². The van der Waals surface area contributed by atoms with Gasteiger partial charge >= 0.3 is 0 Å². The molecule has 2 aromatic rings. The van der Waals surface area contributed by atoms with Crippen LogP contribution in [0.15, 0.2) is 28.9 Å². The van der Waals surface area contributed by atoms with Gasteiger partial charge in [0.05, 0.1) is 11.5 Å². The Morgan fingerprint density at radius 1 is 1.29 bits per heavy atom. The number of aromatic nitrogens is 3. The van der Waals surface area contributed by atoms with Crippen LogP contribution in [0.5, 0.6) is 0 Å². The second-order valence-electron chi connectivity index (χ2n) is 8.75. The number of hydrogen-bond donors (Lipinski definition) is 0. The van der Waals surface area contributed by atoms with Crippen LogP contribution < -0.4 is 0 Å². The molecule has 0 bridgehead atoms. The Kier molecular flexibility index (Phi) is 4.42. The van der Waals surface area contributed by atoms with E-state index in [9.17, 15) is 4.79 Å². The number of likely N-dealkylation sites (tertiary alicyclic amines) is 2. The summed E-state index contributed by atoms with van der Waals surface area (Å²) in [5.74, 6) is 2.35. The van der Waals surface area contributed by atoms with Gasteiger partial charge in [0.25, 0.3) is 5.91 Å². The molecule has 1 saturated carbocycles. The highest BCUT2D eigenvalue weighted by Gasteiger charge is 2.52. The first-order chi connectivity index (χ1) is 13.6. The quantitative estimate of drug-likeness (QED) is 0.810. The Hall–Kier alpha value is -2.28. The molecule has 2 aromatic heterocycles. The maximum absolute atomic E-state index is 13.1. The molecule has 0 N–H and O–H groups in total. The van der Waals surface area contributed by atoms with E-state index in [2.05, 4.69) is 20.1 Å². The van der Waals surface area contributed by atoms with Crippen LogP contribution in [0.1, 0.15) is 53.7 Å². The zero-order chi connectivity index (χ0) is 19.1. The fourth-order valence-electron chi connectivity index (χ4n) is 4.94. The predicted octanol–water partition coefficient (Wildman–Crippen LogP) is 2.50. The summed E-state index contributed by atoms with van der Waals surface area (Å²) in [6.07, 6.45) is 8.27. The molecule has 1 atom stereocenters. The van der Waals surface area contributed by atoms with E-state index >= 15 is 0 Å². The summed E-state index contributed by atoms with van der Waals surface area (Å²) in [4.78, 5) is 21.8. The number of hydrogen-bond acceptors (Lipinski definition) is 6. The molecule has 1 unspecified atom stereocenters. The van der Waals surface area contributed by atoms with E-state index in [1.54, 1.807) is 12.4 Å². The summed E-state index contributed by atoms with van der Waals surface area (Å²) in [6, 6.07) is 3.65. The number of amides is 1. The second-order valence-corrected chi connectivity index (χ2v) is 8.75. The number of rotatable bonds is 4. The third-order valence-corrected chi connectivity index (χ3v) is 6.75. The first kappa shape index (κ1) is 17.8. The van der Waals surface area contributed by atoms with Crippen molar-refractivity contribution >= 4 is 5.91 Å². The van der Waals surface area contributed by atoms with Crippen molar-refractivity contribution in [3.8, 4) is 0 Å². The molecule has 3 aliphatic rings. The summed E-state index contributed by atoms with van der Waals surface area (Å²) >= 11 is 0. The van der Waals surface area contributed by atoms with Crippen molar-refractivity contribution in [2.75, 3.05) is 32.7 Å². The highest BCUT2D eigenvalue weighted by atomic mass is 16.4. The Morgan fingerprint density at radius 3 is 2.75 bits per heavy atom. The number of pyridine rings is 1.